The third-order valence-corrected chi connectivity index (χ3v) is 5.36. The van der Waals surface area contributed by atoms with E-state index < -0.39 is 0 Å². The number of carbonyl (C=O) groups is 2. The molecule has 0 bridgehead atoms. The van der Waals surface area contributed by atoms with Crippen LogP contribution in [-0.2, 0) is 15.0 Å². The maximum Gasteiger partial charge on any atom is 0.245 e. The van der Waals surface area contributed by atoms with Crippen LogP contribution in [0.4, 0.5) is 5.82 Å². The molecule has 7 heteroatoms. The van der Waals surface area contributed by atoms with Crippen LogP contribution in [0.25, 0.3) is 5.69 Å². The molecular formula is C26H40N4O3. The summed E-state index contributed by atoms with van der Waals surface area (Å²) in [6.45, 7) is 13.0. The van der Waals surface area contributed by atoms with E-state index in [4.69, 9.17) is 9.84 Å². The Labute approximate surface area is 198 Å². The van der Waals surface area contributed by atoms with Crippen LogP contribution in [0.3, 0.4) is 0 Å². The Kier molecular flexibility index (Phi) is 9.50. The first-order chi connectivity index (χ1) is 15.5. The highest BCUT2D eigenvalue weighted by Crippen LogP contribution is 2.27. The minimum atomic E-state index is -0.223. The highest BCUT2D eigenvalue weighted by atomic mass is 16.5. The van der Waals surface area contributed by atoms with E-state index in [-0.39, 0.29) is 29.7 Å². The average Bonchev–Trinajstić information content (AvgIpc) is 3.17. The lowest BCUT2D eigenvalue weighted by Gasteiger charge is -2.23. The summed E-state index contributed by atoms with van der Waals surface area (Å²) in [5.41, 5.74) is 1.50. The van der Waals surface area contributed by atoms with Crippen molar-refractivity contribution in [3.63, 3.8) is 0 Å². The van der Waals surface area contributed by atoms with Crippen molar-refractivity contribution in [2.75, 3.05) is 25.5 Å². The molecular weight excluding hydrogens is 416 g/mol. The highest BCUT2D eigenvalue weighted by molar-refractivity contribution is 5.94. The molecule has 0 aliphatic carbocycles. The van der Waals surface area contributed by atoms with Crippen LogP contribution in [0.15, 0.2) is 30.3 Å². The van der Waals surface area contributed by atoms with Gasteiger partial charge in [-0.1, -0.05) is 54.4 Å². The normalized spacial score (nSPS) is 11.5. The van der Waals surface area contributed by atoms with Crippen molar-refractivity contribution in [2.45, 2.75) is 72.6 Å². The third-order valence-electron chi connectivity index (χ3n) is 5.36. The van der Waals surface area contributed by atoms with Gasteiger partial charge in [0, 0.05) is 24.4 Å². The standard InChI is InChI=1S/C26H40N4O3/c1-8-9-10-15-29(25(32)16-19(2)3)18-24(31)27-23-17-22(26(4,5)6)28-30(23)20-11-13-21(33-7)14-12-20/h11-14,17,19H,8-10,15-16,18H2,1-7H3,(H,27,31). The minimum absolute atomic E-state index is 0.0234. The topological polar surface area (TPSA) is 76.5 Å². The minimum Gasteiger partial charge on any atom is -0.497 e. The molecule has 1 aromatic heterocycles. The molecule has 0 unspecified atom stereocenters. The van der Waals surface area contributed by atoms with Crippen molar-refractivity contribution in [3.05, 3.63) is 36.0 Å². The number of hydrogen-bond acceptors (Lipinski definition) is 4. The van der Waals surface area contributed by atoms with E-state index in [1.54, 1.807) is 16.7 Å². The Morgan fingerprint density at radius 1 is 1.15 bits per heavy atom. The molecule has 1 aromatic carbocycles. The van der Waals surface area contributed by atoms with Crippen molar-refractivity contribution in [1.29, 1.82) is 0 Å². The fraction of sp³-hybridized carbons (Fsp3) is 0.577. The SMILES string of the molecule is CCCCCN(CC(=O)Nc1cc(C(C)(C)C)nn1-c1ccc(OC)cc1)C(=O)CC(C)C. The molecule has 1 N–H and O–H groups in total. The van der Waals surface area contributed by atoms with Crippen molar-refractivity contribution < 1.29 is 14.3 Å². The number of hydrogen-bond donors (Lipinski definition) is 1. The molecule has 33 heavy (non-hydrogen) atoms. The molecule has 2 aromatic rings. The second-order valence-corrected chi connectivity index (χ2v) is 9.94. The molecule has 0 atom stereocenters. The Balaban J connectivity index is 2.26. The van der Waals surface area contributed by atoms with Crippen LogP contribution in [-0.4, -0.2) is 46.7 Å². The number of carbonyl (C=O) groups excluding carboxylic acids is 2. The maximum absolute atomic E-state index is 13.0. The van der Waals surface area contributed by atoms with Crippen LogP contribution in [0, 0.1) is 5.92 Å². The summed E-state index contributed by atoms with van der Waals surface area (Å²) in [7, 11) is 1.62. The molecule has 7 nitrogen and oxygen atoms in total. The number of aromatic nitrogens is 2. The van der Waals surface area contributed by atoms with E-state index in [1.807, 2.05) is 44.2 Å². The molecule has 0 saturated heterocycles. The number of nitrogens with zero attached hydrogens (tertiary/aromatic N) is 3. The molecule has 0 fully saturated rings. The zero-order valence-electron chi connectivity index (χ0n) is 21.3. The maximum atomic E-state index is 13.0. The Hall–Kier alpha value is -2.83. The van der Waals surface area contributed by atoms with Crippen LogP contribution < -0.4 is 10.1 Å². The number of anilines is 1. The zero-order valence-corrected chi connectivity index (χ0v) is 21.3. The van der Waals surface area contributed by atoms with Gasteiger partial charge in [0.2, 0.25) is 11.8 Å². The van der Waals surface area contributed by atoms with E-state index in [0.717, 1.165) is 36.4 Å². The number of nitrogens with one attached hydrogen (secondary N) is 1. The molecule has 1 heterocycles. The largest absolute Gasteiger partial charge is 0.497 e. The molecule has 2 rings (SSSR count). The smallest absolute Gasteiger partial charge is 0.245 e. The molecule has 0 saturated carbocycles. The summed E-state index contributed by atoms with van der Waals surface area (Å²) >= 11 is 0. The second-order valence-electron chi connectivity index (χ2n) is 9.94. The molecule has 0 aliphatic rings. The van der Waals surface area contributed by atoms with Gasteiger partial charge in [-0.3, -0.25) is 9.59 Å². The molecule has 0 spiro atoms. The second kappa shape index (κ2) is 11.9. The highest BCUT2D eigenvalue weighted by Gasteiger charge is 2.23. The predicted octanol–water partition coefficient (Wildman–Crippen LogP) is 5.18. The lowest BCUT2D eigenvalue weighted by molar-refractivity contribution is -0.135. The molecule has 0 aliphatic heterocycles. The fourth-order valence-electron chi connectivity index (χ4n) is 3.44. The van der Waals surface area contributed by atoms with Crippen LogP contribution in [0.1, 0.15) is 72.9 Å². The van der Waals surface area contributed by atoms with E-state index in [1.165, 1.54) is 0 Å². The quantitative estimate of drug-likeness (QED) is 0.473. The molecule has 0 radical (unpaired) electrons. The van der Waals surface area contributed by atoms with Crippen molar-refractivity contribution in [2.24, 2.45) is 5.92 Å². The monoisotopic (exact) mass is 456 g/mol. The van der Waals surface area contributed by atoms with Gasteiger partial charge in [-0.15, -0.1) is 0 Å². The average molecular weight is 457 g/mol. The van der Waals surface area contributed by atoms with Gasteiger partial charge < -0.3 is 15.0 Å². The Morgan fingerprint density at radius 3 is 2.36 bits per heavy atom. The van der Waals surface area contributed by atoms with Gasteiger partial charge >= 0.3 is 0 Å². The third kappa shape index (κ3) is 7.91. The number of unbranched alkanes of at least 4 members (excludes halogenated alkanes) is 2. The zero-order chi connectivity index (χ0) is 24.6. The first kappa shape index (κ1) is 26.4. The molecule has 182 valence electrons. The van der Waals surface area contributed by atoms with Crippen LogP contribution in [0.2, 0.25) is 0 Å². The lowest BCUT2D eigenvalue weighted by atomic mass is 9.92. The van der Waals surface area contributed by atoms with Crippen LogP contribution >= 0.6 is 0 Å². The summed E-state index contributed by atoms with van der Waals surface area (Å²) in [6.07, 6.45) is 3.43. The van der Waals surface area contributed by atoms with Crippen molar-refractivity contribution in [1.82, 2.24) is 14.7 Å². The lowest BCUT2D eigenvalue weighted by Crippen LogP contribution is -2.39. The van der Waals surface area contributed by atoms with E-state index in [0.29, 0.717) is 18.8 Å². The van der Waals surface area contributed by atoms with E-state index >= 15 is 0 Å². The summed E-state index contributed by atoms with van der Waals surface area (Å²) in [4.78, 5) is 27.4. The summed E-state index contributed by atoms with van der Waals surface area (Å²) in [5.74, 6) is 1.38. The van der Waals surface area contributed by atoms with Crippen molar-refractivity contribution >= 4 is 17.6 Å². The van der Waals surface area contributed by atoms with Gasteiger partial charge in [-0.05, 0) is 36.6 Å². The first-order valence-electron chi connectivity index (χ1n) is 11.9. The fourth-order valence-corrected chi connectivity index (χ4v) is 3.44. The van der Waals surface area contributed by atoms with Gasteiger partial charge in [0.05, 0.1) is 25.0 Å². The van der Waals surface area contributed by atoms with Crippen molar-refractivity contribution in [3.8, 4) is 11.4 Å². The Bertz CT molecular complexity index is 911. The van der Waals surface area contributed by atoms with Crippen LogP contribution in [0.5, 0.6) is 5.75 Å². The Morgan fingerprint density at radius 2 is 1.82 bits per heavy atom. The van der Waals surface area contributed by atoms with Gasteiger partial charge in [0.15, 0.2) is 0 Å². The number of amides is 2. The predicted molar refractivity (Wildman–Crippen MR) is 133 cm³/mol. The number of benzene rings is 1. The first-order valence-corrected chi connectivity index (χ1v) is 11.9. The summed E-state index contributed by atoms with van der Waals surface area (Å²) in [5, 5.41) is 7.75. The number of ether oxygens (including phenoxy) is 1. The van der Waals surface area contributed by atoms with E-state index in [2.05, 4.69) is 33.0 Å². The molecule has 2 amide bonds. The number of methoxy groups -OCH3 is 1. The summed E-state index contributed by atoms with van der Waals surface area (Å²) < 4.78 is 6.99. The van der Waals surface area contributed by atoms with Gasteiger partial charge in [0.25, 0.3) is 0 Å². The summed E-state index contributed by atoms with van der Waals surface area (Å²) in [6, 6.07) is 9.42. The van der Waals surface area contributed by atoms with Gasteiger partial charge in [-0.2, -0.15) is 5.10 Å². The van der Waals surface area contributed by atoms with Gasteiger partial charge in [0.1, 0.15) is 11.6 Å². The van der Waals surface area contributed by atoms with E-state index in [9.17, 15) is 9.59 Å². The number of rotatable bonds is 11. The van der Waals surface area contributed by atoms with Gasteiger partial charge in [-0.25, -0.2) is 4.68 Å².